The standard InChI is InChI=1S/C25H31N3O4S/c1-17-14-27(15-18(2)32-17)21-8-6-20(7-9-21)26-25-28(24(29)16-33-25)12-11-19-5-10-22(30-3)23(13-19)31-4/h5-10,13,17-18H,11-12,14-16H2,1-4H3/t17-,18+. The largest absolute Gasteiger partial charge is 0.493 e. The number of hydrogen-bond acceptors (Lipinski definition) is 7. The molecule has 2 aliphatic heterocycles. The van der Waals surface area contributed by atoms with Crippen LogP contribution in [0.5, 0.6) is 11.5 Å². The third kappa shape index (κ3) is 5.62. The molecule has 2 fully saturated rings. The van der Waals surface area contributed by atoms with E-state index in [1.165, 1.54) is 17.4 Å². The molecule has 4 rings (SSSR count). The molecule has 0 aromatic heterocycles. The SMILES string of the molecule is COc1ccc(CCN2C(=O)CSC2=Nc2ccc(N3C[C@@H](C)O[C@@H](C)C3)cc2)cc1OC. The van der Waals surface area contributed by atoms with Gasteiger partial charge in [-0.05, 0) is 62.2 Å². The normalized spacial score (nSPS) is 22.2. The Hall–Kier alpha value is -2.71. The van der Waals surface area contributed by atoms with Crippen molar-refractivity contribution in [3.05, 3.63) is 48.0 Å². The Bertz CT molecular complexity index is 1000. The van der Waals surface area contributed by atoms with Crippen LogP contribution in [0.2, 0.25) is 0 Å². The summed E-state index contributed by atoms with van der Waals surface area (Å²) in [4.78, 5) is 21.4. The minimum absolute atomic E-state index is 0.0899. The number of anilines is 1. The van der Waals surface area contributed by atoms with Crippen LogP contribution in [-0.4, -0.2) is 67.8 Å². The molecule has 0 radical (unpaired) electrons. The number of benzene rings is 2. The number of thioether (sulfide) groups is 1. The van der Waals surface area contributed by atoms with E-state index in [4.69, 9.17) is 19.2 Å². The summed E-state index contributed by atoms with van der Waals surface area (Å²) in [5.41, 5.74) is 3.10. The second-order valence-corrected chi connectivity index (χ2v) is 9.29. The molecule has 2 aromatic carbocycles. The average molecular weight is 470 g/mol. The lowest BCUT2D eigenvalue weighted by molar-refractivity contribution is -0.124. The average Bonchev–Trinajstić information content (AvgIpc) is 3.16. The lowest BCUT2D eigenvalue weighted by atomic mass is 10.1. The molecule has 7 nitrogen and oxygen atoms in total. The molecule has 2 heterocycles. The van der Waals surface area contributed by atoms with Crippen molar-refractivity contribution >= 4 is 34.2 Å². The fourth-order valence-electron chi connectivity index (χ4n) is 4.22. The Labute approximate surface area is 199 Å². The molecule has 2 aliphatic rings. The van der Waals surface area contributed by atoms with Crippen molar-refractivity contribution in [2.24, 2.45) is 4.99 Å². The first kappa shape index (κ1) is 23.4. The van der Waals surface area contributed by atoms with Crippen molar-refractivity contribution in [2.45, 2.75) is 32.5 Å². The Morgan fingerprint density at radius 2 is 1.73 bits per heavy atom. The fourth-order valence-corrected chi connectivity index (χ4v) is 5.14. The van der Waals surface area contributed by atoms with Gasteiger partial charge in [-0.2, -0.15) is 0 Å². The summed E-state index contributed by atoms with van der Waals surface area (Å²) in [5, 5.41) is 0.752. The number of rotatable bonds is 7. The molecule has 2 atom stereocenters. The van der Waals surface area contributed by atoms with Crippen LogP contribution in [0, 0.1) is 0 Å². The lowest BCUT2D eigenvalue weighted by Gasteiger charge is -2.36. The van der Waals surface area contributed by atoms with Crippen molar-refractivity contribution < 1.29 is 19.0 Å². The van der Waals surface area contributed by atoms with E-state index in [-0.39, 0.29) is 18.1 Å². The summed E-state index contributed by atoms with van der Waals surface area (Å²) < 4.78 is 16.5. The first-order valence-electron chi connectivity index (χ1n) is 11.2. The van der Waals surface area contributed by atoms with Crippen LogP contribution in [0.15, 0.2) is 47.5 Å². The number of aliphatic imine (C=N–C) groups is 1. The number of nitrogens with zero attached hydrogens (tertiary/aromatic N) is 3. The summed E-state index contributed by atoms with van der Waals surface area (Å²) in [5.74, 6) is 1.90. The highest BCUT2D eigenvalue weighted by molar-refractivity contribution is 8.15. The number of carbonyl (C=O) groups is 1. The highest BCUT2D eigenvalue weighted by Crippen LogP contribution is 2.29. The molecule has 0 aliphatic carbocycles. The van der Waals surface area contributed by atoms with Crippen molar-refractivity contribution in [1.29, 1.82) is 0 Å². The zero-order chi connectivity index (χ0) is 23.4. The quantitative estimate of drug-likeness (QED) is 0.608. The van der Waals surface area contributed by atoms with Crippen LogP contribution in [0.4, 0.5) is 11.4 Å². The minimum atomic E-state index is 0.0899. The molecule has 0 N–H and O–H groups in total. The highest BCUT2D eigenvalue weighted by Gasteiger charge is 2.28. The second-order valence-electron chi connectivity index (χ2n) is 8.35. The Morgan fingerprint density at radius 3 is 2.39 bits per heavy atom. The predicted octanol–water partition coefficient (Wildman–Crippen LogP) is 4.12. The third-order valence-corrected chi connectivity index (χ3v) is 6.75. The summed E-state index contributed by atoms with van der Waals surface area (Å²) >= 11 is 1.49. The number of ether oxygens (including phenoxy) is 3. The van der Waals surface area contributed by atoms with Crippen LogP contribution in [0.3, 0.4) is 0 Å². The van der Waals surface area contributed by atoms with E-state index >= 15 is 0 Å². The van der Waals surface area contributed by atoms with E-state index in [1.54, 1.807) is 19.1 Å². The second kappa shape index (κ2) is 10.5. The van der Waals surface area contributed by atoms with Gasteiger partial charge in [-0.1, -0.05) is 17.8 Å². The number of methoxy groups -OCH3 is 2. The predicted molar refractivity (Wildman–Crippen MR) is 133 cm³/mol. The van der Waals surface area contributed by atoms with Gasteiger partial charge in [0.25, 0.3) is 0 Å². The smallest absolute Gasteiger partial charge is 0.239 e. The van der Waals surface area contributed by atoms with Crippen molar-refractivity contribution in [3.63, 3.8) is 0 Å². The van der Waals surface area contributed by atoms with E-state index in [1.807, 2.05) is 30.3 Å². The number of hydrogen-bond donors (Lipinski definition) is 0. The van der Waals surface area contributed by atoms with E-state index in [0.717, 1.165) is 29.5 Å². The van der Waals surface area contributed by atoms with Crippen molar-refractivity contribution in [2.75, 3.05) is 44.5 Å². The molecule has 8 heteroatoms. The zero-order valence-corrected chi connectivity index (χ0v) is 20.4. The molecule has 33 heavy (non-hydrogen) atoms. The van der Waals surface area contributed by atoms with E-state index in [9.17, 15) is 4.79 Å². The summed E-state index contributed by atoms with van der Waals surface area (Å²) in [6.07, 6.45) is 1.14. The monoisotopic (exact) mass is 469 g/mol. The number of amides is 1. The van der Waals surface area contributed by atoms with Gasteiger partial charge in [-0.25, -0.2) is 4.99 Å². The molecule has 0 spiro atoms. The Kier molecular flexibility index (Phi) is 7.45. The minimum Gasteiger partial charge on any atom is -0.493 e. The Morgan fingerprint density at radius 1 is 1.03 bits per heavy atom. The highest BCUT2D eigenvalue weighted by atomic mass is 32.2. The molecule has 2 saturated heterocycles. The molecular weight excluding hydrogens is 438 g/mol. The van der Waals surface area contributed by atoms with Crippen LogP contribution >= 0.6 is 11.8 Å². The Balaban J connectivity index is 1.43. The first-order chi connectivity index (χ1) is 16.0. The molecule has 0 unspecified atom stereocenters. The third-order valence-electron chi connectivity index (χ3n) is 5.79. The number of carbonyl (C=O) groups excluding carboxylic acids is 1. The van der Waals surface area contributed by atoms with Crippen LogP contribution in [-0.2, 0) is 16.0 Å². The first-order valence-corrected chi connectivity index (χ1v) is 12.2. The van der Waals surface area contributed by atoms with Gasteiger partial charge < -0.3 is 19.1 Å². The van der Waals surface area contributed by atoms with Gasteiger partial charge in [-0.3, -0.25) is 9.69 Å². The van der Waals surface area contributed by atoms with Crippen LogP contribution < -0.4 is 14.4 Å². The van der Waals surface area contributed by atoms with Gasteiger partial charge in [0.1, 0.15) is 0 Å². The maximum absolute atomic E-state index is 12.5. The van der Waals surface area contributed by atoms with E-state index in [2.05, 4.69) is 30.9 Å². The molecular formula is C25H31N3O4S. The van der Waals surface area contributed by atoms with Gasteiger partial charge in [0, 0.05) is 25.3 Å². The van der Waals surface area contributed by atoms with Gasteiger partial charge in [0.15, 0.2) is 16.7 Å². The van der Waals surface area contributed by atoms with Gasteiger partial charge in [0.2, 0.25) is 5.91 Å². The van der Waals surface area contributed by atoms with Crippen molar-refractivity contribution in [3.8, 4) is 11.5 Å². The van der Waals surface area contributed by atoms with Crippen LogP contribution in [0.1, 0.15) is 19.4 Å². The maximum atomic E-state index is 12.5. The van der Waals surface area contributed by atoms with Crippen LogP contribution in [0.25, 0.3) is 0 Å². The zero-order valence-electron chi connectivity index (χ0n) is 19.6. The summed E-state index contributed by atoms with van der Waals surface area (Å²) in [6.45, 7) is 6.54. The molecule has 1 amide bonds. The lowest BCUT2D eigenvalue weighted by Crippen LogP contribution is -2.45. The van der Waals surface area contributed by atoms with Gasteiger partial charge >= 0.3 is 0 Å². The summed E-state index contributed by atoms with van der Waals surface area (Å²) in [7, 11) is 3.24. The molecule has 2 aromatic rings. The van der Waals surface area contributed by atoms with E-state index in [0.29, 0.717) is 30.2 Å². The molecule has 0 bridgehead atoms. The molecule has 0 saturated carbocycles. The van der Waals surface area contributed by atoms with E-state index < -0.39 is 0 Å². The topological polar surface area (TPSA) is 63.6 Å². The molecule has 176 valence electrons. The maximum Gasteiger partial charge on any atom is 0.239 e. The van der Waals surface area contributed by atoms with Gasteiger partial charge in [0.05, 0.1) is 37.9 Å². The van der Waals surface area contributed by atoms with Crippen molar-refractivity contribution in [1.82, 2.24) is 4.90 Å². The fraction of sp³-hybridized carbons (Fsp3) is 0.440. The number of amidine groups is 1. The van der Waals surface area contributed by atoms with Gasteiger partial charge in [-0.15, -0.1) is 0 Å². The summed E-state index contributed by atoms with van der Waals surface area (Å²) in [6, 6.07) is 14.1. The number of morpholine rings is 1.